The van der Waals surface area contributed by atoms with E-state index in [9.17, 15) is 9.90 Å². The first-order valence-corrected chi connectivity index (χ1v) is 11.7. The maximum atomic E-state index is 13.2. The second kappa shape index (κ2) is 8.58. The van der Waals surface area contributed by atoms with E-state index in [1.54, 1.807) is 6.07 Å². The van der Waals surface area contributed by atoms with Crippen LogP contribution < -0.4 is 5.63 Å². The van der Waals surface area contributed by atoms with Crippen LogP contribution in [0.4, 0.5) is 0 Å². The van der Waals surface area contributed by atoms with Crippen molar-refractivity contribution >= 4 is 0 Å². The summed E-state index contributed by atoms with van der Waals surface area (Å²) in [5.41, 5.74) is 1.18. The summed E-state index contributed by atoms with van der Waals surface area (Å²) in [5, 5.41) is 11.0. The Balaban J connectivity index is 1.45. The Bertz CT molecular complexity index is 904. The first-order valence-electron chi connectivity index (χ1n) is 11.7. The van der Waals surface area contributed by atoms with Gasteiger partial charge < -0.3 is 14.3 Å². The molecule has 3 atom stereocenters. The van der Waals surface area contributed by atoms with Crippen LogP contribution in [0.1, 0.15) is 80.1 Å². The monoisotopic (exact) mass is 408 g/mol. The van der Waals surface area contributed by atoms with Crippen molar-refractivity contribution in [1.29, 1.82) is 0 Å². The molecular weight excluding hydrogens is 376 g/mol. The normalized spacial score (nSPS) is 23.8. The summed E-state index contributed by atoms with van der Waals surface area (Å²) in [6.45, 7) is 1.66. The zero-order valence-electron chi connectivity index (χ0n) is 17.6. The van der Waals surface area contributed by atoms with Crippen LogP contribution >= 0.6 is 0 Å². The van der Waals surface area contributed by atoms with E-state index >= 15 is 0 Å². The molecule has 1 N–H and O–H groups in total. The molecule has 2 heterocycles. The molecule has 3 fully saturated rings. The van der Waals surface area contributed by atoms with E-state index in [0.29, 0.717) is 23.2 Å². The first kappa shape index (κ1) is 19.9. The highest BCUT2D eigenvalue weighted by atomic mass is 16.5. The topological polar surface area (TPSA) is 59.7 Å². The van der Waals surface area contributed by atoms with E-state index in [1.807, 2.05) is 18.2 Å². The number of ether oxygens (including phenoxy) is 1. The maximum Gasteiger partial charge on any atom is 0.343 e. The molecule has 0 bridgehead atoms. The van der Waals surface area contributed by atoms with Gasteiger partial charge in [-0.3, -0.25) is 0 Å². The molecule has 2 aliphatic carbocycles. The van der Waals surface area contributed by atoms with Crippen LogP contribution in [0.3, 0.4) is 0 Å². The third-order valence-corrected chi connectivity index (χ3v) is 7.14. The van der Waals surface area contributed by atoms with Gasteiger partial charge in [0.25, 0.3) is 0 Å². The number of hydrogen-bond acceptors (Lipinski definition) is 4. The van der Waals surface area contributed by atoms with Gasteiger partial charge in [-0.15, -0.1) is 0 Å². The van der Waals surface area contributed by atoms with Gasteiger partial charge >= 0.3 is 5.63 Å². The summed E-state index contributed by atoms with van der Waals surface area (Å²) < 4.78 is 11.6. The van der Waals surface area contributed by atoms with E-state index in [-0.39, 0.29) is 23.2 Å². The molecule has 1 saturated heterocycles. The predicted octanol–water partition coefficient (Wildman–Crippen LogP) is 5.59. The lowest BCUT2D eigenvalue weighted by Gasteiger charge is -2.26. The molecule has 1 aromatic carbocycles. The number of hydrogen-bond donors (Lipinski definition) is 1. The Morgan fingerprint density at radius 1 is 1.00 bits per heavy atom. The number of rotatable bonds is 8. The fourth-order valence-electron chi connectivity index (χ4n) is 5.24. The van der Waals surface area contributed by atoms with Crippen molar-refractivity contribution in [2.75, 3.05) is 13.2 Å². The Labute approximate surface area is 178 Å². The summed E-state index contributed by atoms with van der Waals surface area (Å²) in [4.78, 5) is 13.2. The van der Waals surface area contributed by atoms with Crippen LogP contribution in [0.2, 0.25) is 0 Å². The van der Waals surface area contributed by atoms with Crippen molar-refractivity contribution in [3.05, 3.63) is 63.7 Å². The molecule has 2 aromatic rings. The van der Waals surface area contributed by atoms with E-state index < -0.39 is 0 Å². The molecule has 3 aliphatic rings. The second-order valence-electron chi connectivity index (χ2n) is 9.66. The fourth-order valence-corrected chi connectivity index (χ4v) is 5.24. The third kappa shape index (κ3) is 4.49. The van der Waals surface area contributed by atoms with Crippen molar-refractivity contribution in [3.8, 4) is 5.75 Å². The van der Waals surface area contributed by atoms with Crippen LogP contribution in [0.25, 0.3) is 0 Å². The zero-order chi connectivity index (χ0) is 20.5. The Morgan fingerprint density at radius 2 is 1.77 bits per heavy atom. The fraction of sp³-hybridized carbons (Fsp3) is 0.577. The Morgan fingerprint density at radius 3 is 2.40 bits per heavy atom. The average Bonchev–Trinajstić information content (AvgIpc) is 3.67. The molecule has 0 radical (unpaired) electrons. The highest BCUT2D eigenvalue weighted by Gasteiger charge is 2.38. The molecule has 1 aromatic heterocycles. The summed E-state index contributed by atoms with van der Waals surface area (Å²) in [6, 6.07) is 11.8. The van der Waals surface area contributed by atoms with Gasteiger partial charge in [-0.05, 0) is 61.8 Å². The van der Waals surface area contributed by atoms with E-state index in [4.69, 9.17) is 9.15 Å². The average molecular weight is 409 g/mol. The van der Waals surface area contributed by atoms with E-state index in [1.165, 1.54) is 19.3 Å². The SMILES string of the molecule is O=c1oc(C(CC2CC2)CC2CCCOC2)cc(O)c1C(c1ccccc1)C1CC1. The minimum atomic E-state index is -0.355. The molecule has 160 valence electrons. The quantitative estimate of drug-likeness (QED) is 0.619. The minimum absolute atomic E-state index is 0.0786. The van der Waals surface area contributed by atoms with Crippen LogP contribution in [-0.4, -0.2) is 18.3 Å². The minimum Gasteiger partial charge on any atom is -0.507 e. The lowest BCUT2D eigenvalue weighted by Crippen LogP contribution is -2.21. The van der Waals surface area contributed by atoms with Crippen LogP contribution in [0.5, 0.6) is 5.75 Å². The summed E-state index contributed by atoms with van der Waals surface area (Å²) in [7, 11) is 0. The maximum absolute atomic E-state index is 13.2. The van der Waals surface area contributed by atoms with Gasteiger partial charge in [-0.1, -0.05) is 43.2 Å². The second-order valence-corrected chi connectivity index (χ2v) is 9.66. The van der Waals surface area contributed by atoms with Gasteiger partial charge in [0.2, 0.25) is 0 Å². The summed E-state index contributed by atoms with van der Waals surface area (Å²) in [6.07, 6.45) is 9.01. The van der Waals surface area contributed by atoms with Crippen LogP contribution in [0.15, 0.2) is 45.6 Å². The number of benzene rings is 1. The van der Waals surface area contributed by atoms with Crippen molar-refractivity contribution in [2.45, 2.75) is 63.2 Å². The molecule has 30 heavy (non-hydrogen) atoms. The first-order chi connectivity index (χ1) is 14.7. The zero-order valence-corrected chi connectivity index (χ0v) is 17.6. The molecule has 0 spiro atoms. The van der Waals surface area contributed by atoms with Crippen LogP contribution in [0, 0.1) is 17.8 Å². The Kier molecular flexibility index (Phi) is 5.68. The van der Waals surface area contributed by atoms with Gasteiger partial charge in [0, 0.05) is 31.1 Å². The van der Waals surface area contributed by atoms with Crippen LogP contribution in [-0.2, 0) is 4.74 Å². The lowest BCUT2D eigenvalue weighted by molar-refractivity contribution is 0.0472. The molecule has 3 unspecified atom stereocenters. The van der Waals surface area contributed by atoms with Crippen molar-refractivity contribution in [3.63, 3.8) is 0 Å². The summed E-state index contributed by atoms with van der Waals surface area (Å²) in [5.74, 6) is 2.55. The molecule has 4 nitrogen and oxygen atoms in total. The van der Waals surface area contributed by atoms with Gasteiger partial charge in [0.05, 0.1) is 5.56 Å². The molecular formula is C26H32O4. The van der Waals surface area contributed by atoms with Gasteiger partial charge in [-0.2, -0.15) is 0 Å². The summed E-state index contributed by atoms with van der Waals surface area (Å²) >= 11 is 0. The predicted molar refractivity (Wildman–Crippen MR) is 116 cm³/mol. The molecule has 5 rings (SSSR count). The van der Waals surface area contributed by atoms with Gasteiger partial charge in [-0.25, -0.2) is 4.79 Å². The van der Waals surface area contributed by atoms with Gasteiger partial charge in [0.15, 0.2) is 0 Å². The van der Waals surface area contributed by atoms with Gasteiger partial charge in [0.1, 0.15) is 11.5 Å². The largest absolute Gasteiger partial charge is 0.507 e. The smallest absolute Gasteiger partial charge is 0.343 e. The molecule has 1 aliphatic heterocycles. The van der Waals surface area contributed by atoms with E-state index in [0.717, 1.165) is 56.8 Å². The molecule has 2 saturated carbocycles. The lowest BCUT2D eigenvalue weighted by atomic mass is 9.84. The van der Waals surface area contributed by atoms with Crippen molar-refractivity contribution in [1.82, 2.24) is 0 Å². The standard InChI is InChI=1S/C26H32O4/c27-22-15-23(21(13-17-8-9-17)14-18-5-4-12-29-16-18)30-26(28)25(22)24(20-10-11-20)19-6-2-1-3-7-19/h1-3,6-7,15,17-18,20-21,24,27H,4-5,8-14,16H2. The van der Waals surface area contributed by atoms with Crippen molar-refractivity contribution in [2.24, 2.45) is 17.8 Å². The van der Waals surface area contributed by atoms with Crippen molar-refractivity contribution < 1.29 is 14.3 Å². The molecule has 4 heteroatoms. The Hall–Kier alpha value is -2.07. The highest BCUT2D eigenvalue weighted by Crippen LogP contribution is 2.48. The highest BCUT2D eigenvalue weighted by molar-refractivity contribution is 5.41. The van der Waals surface area contributed by atoms with E-state index in [2.05, 4.69) is 12.1 Å². The number of aromatic hydroxyl groups is 1. The third-order valence-electron chi connectivity index (χ3n) is 7.14. The molecule has 0 amide bonds.